The number of aliphatic carboxylic acids is 1. The summed E-state index contributed by atoms with van der Waals surface area (Å²) >= 11 is 0. The molecule has 0 aromatic rings. The number of urea groups is 1. The number of piperidine rings is 1. The van der Waals surface area contributed by atoms with E-state index >= 15 is 0 Å². The first-order valence-electron chi connectivity index (χ1n) is 6.70. The minimum Gasteiger partial charge on any atom is -0.480 e. The SMILES string of the molecule is CC(C)(C)[C@@H](NC(=O)N1CCCC(C(N)=O)C1)C(=O)O. The first kappa shape index (κ1) is 16.3. The van der Waals surface area contributed by atoms with Gasteiger partial charge >= 0.3 is 12.0 Å². The van der Waals surface area contributed by atoms with Crippen LogP contribution in [-0.4, -0.2) is 47.0 Å². The summed E-state index contributed by atoms with van der Waals surface area (Å²) in [5.74, 6) is -1.85. The van der Waals surface area contributed by atoms with E-state index in [0.29, 0.717) is 19.4 Å². The van der Waals surface area contributed by atoms with Crippen molar-refractivity contribution in [3.8, 4) is 0 Å². The Hall–Kier alpha value is -1.79. The van der Waals surface area contributed by atoms with Gasteiger partial charge in [0.2, 0.25) is 5.91 Å². The van der Waals surface area contributed by atoms with Gasteiger partial charge in [0.25, 0.3) is 0 Å². The largest absolute Gasteiger partial charge is 0.480 e. The number of carboxylic acid groups (broad SMARTS) is 1. The average Bonchev–Trinajstić information content (AvgIpc) is 2.33. The normalized spacial score (nSPS) is 21.1. The Labute approximate surface area is 118 Å². The summed E-state index contributed by atoms with van der Waals surface area (Å²) < 4.78 is 0. The number of hydrogen-bond donors (Lipinski definition) is 3. The summed E-state index contributed by atoms with van der Waals surface area (Å²) in [6.45, 7) is 5.99. The highest BCUT2D eigenvalue weighted by atomic mass is 16.4. The summed E-state index contributed by atoms with van der Waals surface area (Å²) in [5, 5.41) is 11.7. The maximum absolute atomic E-state index is 12.1. The Morgan fingerprint density at radius 2 is 1.95 bits per heavy atom. The molecule has 1 fully saturated rings. The highest BCUT2D eigenvalue weighted by Crippen LogP contribution is 2.21. The second-order valence-electron chi connectivity index (χ2n) is 6.27. The molecule has 0 saturated carbocycles. The molecule has 0 aromatic heterocycles. The Morgan fingerprint density at radius 1 is 1.35 bits per heavy atom. The fourth-order valence-electron chi connectivity index (χ4n) is 2.26. The molecule has 2 atom stereocenters. The van der Waals surface area contributed by atoms with Crippen LogP contribution < -0.4 is 11.1 Å². The number of nitrogens with one attached hydrogen (secondary N) is 1. The molecule has 7 nitrogen and oxygen atoms in total. The lowest BCUT2D eigenvalue weighted by atomic mass is 9.87. The molecule has 0 aromatic carbocycles. The van der Waals surface area contributed by atoms with Crippen molar-refractivity contribution in [2.45, 2.75) is 39.7 Å². The molecule has 3 amide bonds. The van der Waals surface area contributed by atoms with Crippen molar-refractivity contribution in [1.29, 1.82) is 0 Å². The third-order valence-electron chi connectivity index (χ3n) is 3.49. The predicted octanol–water partition coefficient (Wildman–Crippen LogP) is 0.393. The van der Waals surface area contributed by atoms with Gasteiger partial charge in [-0.3, -0.25) is 4.79 Å². The summed E-state index contributed by atoms with van der Waals surface area (Å²) in [5.41, 5.74) is 4.66. The minimum atomic E-state index is -1.07. The molecule has 7 heteroatoms. The summed E-state index contributed by atoms with van der Waals surface area (Å²) in [6.07, 6.45) is 1.36. The zero-order valence-corrected chi connectivity index (χ0v) is 12.2. The monoisotopic (exact) mass is 285 g/mol. The van der Waals surface area contributed by atoms with Crippen molar-refractivity contribution in [3.63, 3.8) is 0 Å². The molecule has 0 radical (unpaired) electrons. The maximum atomic E-state index is 12.1. The summed E-state index contributed by atoms with van der Waals surface area (Å²) in [6, 6.07) is -1.44. The third kappa shape index (κ3) is 4.11. The first-order chi connectivity index (χ1) is 9.12. The number of carbonyl (C=O) groups is 3. The van der Waals surface area contributed by atoms with E-state index in [9.17, 15) is 19.5 Å². The van der Waals surface area contributed by atoms with Gasteiger partial charge in [-0.05, 0) is 18.3 Å². The number of hydrogen-bond acceptors (Lipinski definition) is 3. The number of amides is 3. The van der Waals surface area contributed by atoms with Gasteiger partial charge in [-0.1, -0.05) is 20.8 Å². The summed E-state index contributed by atoms with van der Waals surface area (Å²) in [4.78, 5) is 36.0. The number of carboxylic acids is 1. The van der Waals surface area contributed by atoms with Crippen LogP contribution in [0.4, 0.5) is 4.79 Å². The van der Waals surface area contributed by atoms with Crippen molar-refractivity contribution in [1.82, 2.24) is 10.2 Å². The Bertz CT molecular complexity index is 403. The van der Waals surface area contributed by atoms with Crippen molar-refractivity contribution in [3.05, 3.63) is 0 Å². The van der Waals surface area contributed by atoms with Crippen LogP contribution in [0.1, 0.15) is 33.6 Å². The zero-order chi connectivity index (χ0) is 15.5. The lowest BCUT2D eigenvalue weighted by Crippen LogP contribution is -2.55. The third-order valence-corrected chi connectivity index (χ3v) is 3.49. The molecule has 114 valence electrons. The molecule has 1 saturated heterocycles. The zero-order valence-electron chi connectivity index (χ0n) is 12.2. The number of likely N-dealkylation sites (tertiary alicyclic amines) is 1. The van der Waals surface area contributed by atoms with Gasteiger partial charge in [0, 0.05) is 13.1 Å². The Kier molecular flexibility index (Phi) is 4.97. The van der Waals surface area contributed by atoms with Crippen LogP contribution >= 0.6 is 0 Å². The molecule has 0 bridgehead atoms. The molecule has 1 unspecified atom stereocenters. The summed E-state index contributed by atoms with van der Waals surface area (Å²) in [7, 11) is 0. The van der Waals surface area contributed by atoms with Gasteiger partial charge in [0.15, 0.2) is 0 Å². The van der Waals surface area contributed by atoms with Gasteiger partial charge in [0.1, 0.15) is 6.04 Å². The lowest BCUT2D eigenvalue weighted by molar-refractivity contribution is -0.142. The molecule has 0 aliphatic carbocycles. The number of nitrogens with two attached hydrogens (primary N) is 1. The van der Waals surface area contributed by atoms with Gasteiger partial charge in [-0.2, -0.15) is 0 Å². The average molecular weight is 285 g/mol. The lowest BCUT2D eigenvalue weighted by Gasteiger charge is -2.34. The van der Waals surface area contributed by atoms with Crippen LogP contribution in [0.5, 0.6) is 0 Å². The Morgan fingerprint density at radius 3 is 2.40 bits per heavy atom. The number of carbonyl (C=O) groups excluding carboxylic acids is 2. The minimum absolute atomic E-state index is 0.248. The standard InChI is InChI=1S/C13H23N3O4/c1-13(2,3)9(11(18)19)15-12(20)16-6-4-5-8(7-16)10(14)17/h8-9H,4-7H2,1-3H3,(H2,14,17)(H,15,20)(H,18,19)/t8?,9-/m0/s1. The number of rotatable bonds is 3. The molecule has 0 spiro atoms. The maximum Gasteiger partial charge on any atom is 0.326 e. The highest BCUT2D eigenvalue weighted by Gasteiger charge is 2.35. The second-order valence-corrected chi connectivity index (χ2v) is 6.27. The van der Waals surface area contributed by atoms with Crippen molar-refractivity contribution >= 4 is 17.9 Å². The predicted molar refractivity (Wildman–Crippen MR) is 72.9 cm³/mol. The van der Waals surface area contributed by atoms with Gasteiger partial charge < -0.3 is 21.1 Å². The van der Waals surface area contributed by atoms with E-state index in [4.69, 9.17) is 5.73 Å². The second kappa shape index (κ2) is 6.11. The van der Waals surface area contributed by atoms with Crippen LogP contribution in [-0.2, 0) is 9.59 Å². The molecular weight excluding hydrogens is 262 g/mol. The van der Waals surface area contributed by atoms with Crippen LogP contribution in [0, 0.1) is 11.3 Å². The molecular formula is C13H23N3O4. The van der Waals surface area contributed by atoms with Crippen LogP contribution in [0.3, 0.4) is 0 Å². The van der Waals surface area contributed by atoms with Crippen molar-refractivity contribution < 1.29 is 19.5 Å². The van der Waals surface area contributed by atoms with E-state index in [1.807, 2.05) is 0 Å². The topological polar surface area (TPSA) is 113 Å². The molecule has 1 heterocycles. The fraction of sp³-hybridized carbons (Fsp3) is 0.769. The highest BCUT2D eigenvalue weighted by molar-refractivity contribution is 5.84. The van der Waals surface area contributed by atoms with Crippen LogP contribution in [0.15, 0.2) is 0 Å². The van der Waals surface area contributed by atoms with Crippen molar-refractivity contribution in [2.24, 2.45) is 17.1 Å². The van der Waals surface area contributed by atoms with Gasteiger partial charge in [-0.15, -0.1) is 0 Å². The van der Waals surface area contributed by atoms with E-state index in [0.717, 1.165) is 0 Å². The molecule has 20 heavy (non-hydrogen) atoms. The van der Waals surface area contributed by atoms with Gasteiger partial charge in [0.05, 0.1) is 5.92 Å². The van der Waals surface area contributed by atoms with Gasteiger partial charge in [-0.25, -0.2) is 9.59 Å². The first-order valence-corrected chi connectivity index (χ1v) is 6.70. The number of primary amides is 1. The quantitative estimate of drug-likeness (QED) is 0.696. The van der Waals surface area contributed by atoms with Crippen molar-refractivity contribution in [2.75, 3.05) is 13.1 Å². The molecule has 4 N–H and O–H groups in total. The van der Waals surface area contributed by atoms with E-state index in [-0.39, 0.29) is 12.5 Å². The van der Waals surface area contributed by atoms with Crippen LogP contribution in [0.25, 0.3) is 0 Å². The molecule has 1 aliphatic heterocycles. The van der Waals surface area contributed by atoms with E-state index in [1.54, 1.807) is 20.8 Å². The molecule has 1 rings (SSSR count). The smallest absolute Gasteiger partial charge is 0.326 e. The molecule has 1 aliphatic rings. The van der Waals surface area contributed by atoms with E-state index in [2.05, 4.69) is 5.32 Å². The van der Waals surface area contributed by atoms with E-state index < -0.39 is 29.4 Å². The fourth-order valence-corrected chi connectivity index (χ4v) is 2.26. The van der Waals surface area contributed by atoms with E-state index in [1.165, 1.54) is 4.90 Å². The Balaban J connectivity index is 2.70. The number of nitrogens with zero attached hydrogens (tertiary/aromatic N) is 1. The van der Waals surface area contributed by atoms with Crippen LogP contribution in [0.2, 0.25) is 0 Å².